The Morgan fingerprint density at radius 3 is 2.81 bits per heavy atom. The van der Waals surface area contributed by atoms with Crippen LogP contribution in [0.4, 0.5) is 0 Å². The number of ether oxygens (including phenoxy) is 1. The number of aromatic hydroxyl groups is 1. The molecule has 1 aromatic rings. The molecular weight excluding hydrogens is 367 g/mol. The molecule has 1 heterocycles. The summed E-state index contributed by atoms with van der Waals surface area (Å²) in [4.78, 5) is 2.30. The van der Waals surface area contributed by atoms with Crippen molar-refractivity contribution in [3.8, 4) is 11.5 Å². The summed E-state index contributed by atoms with van der Waals surface area (Å²) in [6.45, 7) is 0.995. The van der Waals surface area contributed by atoms with Crippen molar-refractivity contribution in [2.75, 3.05) is 20.7 Å². The third kappa shape index (κ3) is 2.73. The molecule has 1 saturated heterocycles. The normalized spacial score (nSPS) is 31.6. The van der Waals surface area contributed by atoms with Gasteiger partial charge in [0.15, 0.2) is 11.5 Å². The molecule has 1 aliphatic heterocycles. The Labute approximate surface area is 145 Å². The first kappa shape index (κ1) is 16.8. The first-order valence-corrected chi connectivity index (χ1v) is 7.02. The Kier molecular flexibility index (Phi) is 5.00. The van der Waals surface area contributed by atoms with Crippen LogP contribution in [0.3, 0.4) is 0 Å². The molecule has 1 aromatic carbocycles. The summed E-state index contributed by atoms with van der Waals surface area (Å²) in [6, 6.07) is 5.91. The Bertz CT molecular complexity index is 548. The summed E-state index contributed by atoms with van der Waals surface area (Å²) in [5, 5.41) is 19.9. The van der Waals surface area contributed by atoms with Gasteiger partial charge >= 0.3 is 0 Å². The van der Waals surface area contributed by atoms with E-state index in [4.69, 9.17) is 4.74 Å². The topological polar surface area (TPSA) is 52.9 Å². The minimum absolute atomic E-state index is 0. The number of fused-ring (bicyclic) bond motifs is 1. The van der Waals surface area contributed by atoms with Crippen LogP contribution < -0.4 is 4.74 Å². The van der Waals surface area contributed by atoms with Crippen LogP contribution in [0.1, 0.15) is 18.4 Å². The first-order valence-electron chi connectivity index (χ1n) is 7.02. The van der Waals surface area contributed by atoms with Gasteiger partial charge in [-0.1, -0.05) is 18.2 Å². The van der Waals surface area contributed by atoms with Gasteiger partial charge in [0.05, 0.1) is 13.2 Å². The number of aliphatic hydroxyl groups excluding tert-OH is 1. The first-order chi connectivity index (χ1) is 9.56. The number of benzene rings is 1. The van der Waals surface area contributed by atoms with Crippen LogP contribution in [0, 0.1) is 0 Å². The van der Waals surface area contributed by atoms with Crippen LogP contribution in [-0.4, -0.2) is 48.0 Å². The largest absolute Gasteiger partial charge is 0.504 e. The molecule has 1 fully saturated rings. The number of hydrogen-bond donors (Lipinski definition) is 2. The third-order valence-corrected chi connectivity index (χ3v) is 4.80. The molecule has 0 radical (unpaired) electrons. The number of phenolic OH excluding ortho intramolecular Hbond substituents is 1. The minimum atomic E-state index is -0.375. The van der Waals surface area contributed by atoms with Crippen molar-refractivity contribution in [2.45, 2.75) is 30.4 Å². The average Bonchev–Trinajstić information content (AvgIpc) is 2.77. The fraction of sp³-hybridized carbons (Fsp3) is 0.500. The minimum Gasteiger partial charge on any atom is -0.504 e. The van der Waals surface area contributed by atoms with Gasteiger partial charge in [-0.2, -0.15) is 0 Å². The zero-order chi connectivity index (χ0) is 14.3. The van der Waals surface area contributed by atoms with Crippen molar-refractivity contribution in [1.82, 2.24) is 4.90 Å². The van der Waals surface area contributed by atoms with Crippen LogP contribution in [0.25, 0.3) is 0 Å². The van der Waals surface area contributed by atoms with Crippen LogP contribution in [0.5, 0.6) is 11.5 Å². The molecule has 0 spiro atoms. The van der Waals surface area contributed by atoms with E-state index in [1.165, 1.54) is 0 Å². The molecule has 0 bridgehead atoms. The zero-order valence-corrected chi connectivity index (χ0v) is 16.7. The number of nitrogens with zero attached hydrogens (tertiary/aromatic N) is 1. The molecule has 5 heteroatoms. The summed E-state index contributed by atoms with van der Waals surface area (Å²) < 4.78 is 5.12. The van der Waals surface area contributed by atoms with Gasteiger partial charge in [0.25, 0.3) is 0 Å². The molecule has 3 atom stereocenters. The van der Waals surface area contributed by atoms with E-state index < -0.39 is 0 Å². The summed E-state index contributed by atoms with van der Waals surface area (Å²) in [7, 11) is 3.65. The molecule has 3 rings (SSSR count). The van der Waals surface area contributed by atoms with Gasteiger partial charge in [0.2, 0.25) is 0 Å². The van der Waals surface area contributed by atoms with E-state index in [1.54, 1.807) is 13.2 Å². The van der Waals surface area contributed by atoms with E-state index in [0.717, 1.165) is 24.9 Å². The molecule has 4 nitrogen and oxygen atoms in total. The van der Waals surface area contributed by atoms with Crippen molar-refractivity contribution >= 4 is 0 Å². The Hall–Kier alpha value is -0.598. The molecular formula is C16H21CdNO3. The molecule has 0 amide bonds. The van der Waals surface area contributed by atoms with Gasteiger partial charge in [-0.25, -0.2) is 0 Å². The summed E-state index contributed by atoms with van der Waals surface area (Å²) in [5.41, 5.74) is 0.978. The quantitative estimate of drug-likeness (QED) is 0.598. The Morgan fingerprint density at radius 2 is 2.14 bits per heavy atom. The third-order valence-electron chi connectivity index (χ3n) is 4.80. The maximum Gasteiger partial charge on any atom is 0.160 e. The summed E-state index contributed by atoms with van der Waals surface area (Å²) >= 11 is 0. The standard InChI is InChI=1S/C16H21NO3.Cd/c1-17-8-7-16(6-5-12(18)10-15(16)17)11-3-4-14(20-2)13(19)9-11;/h3-6,9,12,15,18-19H,7-8,10H2,1-2H3;/t12-,15+,16+;/m1./s1. The molecule has 0 unspecified atom stereocenters. The van der Waals surface area contributed by atoms with Crippen molar-refractivity contribution in [3.63, 3.8) is 0 Å². The molecule has 2 N–H and O–H groups in total. The zero-order valence-electron chi connectivity index (χ0n) is 12.6. The molecule has 21 heavy (non-hydrogen) atoms. The molecule has 1 aliphatic carbocycles. The number of phenols is 1. The predicted molar refractivity (Wildman–Crippen MR) is 77.1 cm³/mol. The van der Waals surface area contributed by atoms with Gasteiger partial charge < -0.3 is 19.8 Å². The molecule has 110 valence electrons. The number of likely N-dealkylation sites (tertiary alicyclic amines) is 1. The number of methoxy groups -OCH3 is 1. The van der Waals surface area contributed by atoms with Crippen molar-refractivity contribution < 1.29 is 42.2 Å². The Balaban J connectivity index is 0.00000161. The van der Waals surface area contributed by atoms with Crippen molar-refractivity contribution in [1.29, 1.82) is 0 Å². The fourth-order valence-corrected chi connectivity index (χ4v) is 3.66. The van der Waals surface area contributed by atoms with Crippen LogP contribution >= 0.6 is 0 Å². The molecule has 2 aliphatic rings. The van der Waals surface area contributed by atoms with Gasteiger partial charge in [0.1, 0.15) is 0 Å². The summed E-state index contributed by atoms with van der Waals surface area (Å²) in [6.07, 6.45) is 5.37. The number of likely N-dealkylation sites (N-methyl/N-ethyl adjacent to an activating group) is 1. The second-order valence-corrected chi connectivity index (χ2v) is 5.84. The Morgan fingerprint density at radius 1 is 1.38 bits per heavy atom. The van der Waals surface area contributed by atoms with Gasteiger partial charge in [-0.15, -0.1) is 0 Å². The molecule has 0 saturated carbocycles. The van der Waals surface area contributed by atoms with E-state index in [1.807, 2.05) is 18.2 Å². The number of rotatable bonds is 2. The van der Waals surface area contributed by atoms with Gasteiger partial charge in [0, 0.05) is 38.8 Å². The van der Waals surface area contributed by atoms with E-state index >= 15 is 0 Å². The summed E-state index contributed by atoms with van der Waals surface area (Å²) in [5.74, 6) is 0.667. The van der Waals surface area contributed by atoms with Gasteiger partial charge in [-0.3, -0.25) is 0 Å². The maximum atomic E-state index is 10.0. The second kappa shape index (κ2) is 6.26. The monoisotopic (exact) mass is 389 g/mol. The van der Waals surface area contributed by atoms with E-state index in [9.17, 15) is 10.2 Å². The van der Waals surface area contributed by atoms with E-state index in [-0.39, 0.29) is 50.6 Å². The van der Waals surface area contributed by atoms with Crippen LogP contribution in [-0.2, 0) is 32.7 Å². The van der Waals surface area contributed by atoms with Crippen LogP contribution in [0.15, 0.2) is 30.4 Å². The average molecular weight is 388 g/mol. The molecule has 0 aromatic heterocycles. The van der Waals surface area contributed by atoms with Crippen molar-refractivity contribution in [2.24, 2.45) is 0 Å². The second-order valence-electron chi connectivity index (χ2n) is 5.84. The number of hydrogen-bond acceptors (Lipinski definition) is 4. The predicted octanol–water partition coefficient (Wildman–Crippen LogP) is 1.66. The maximum absolute atomic E-state index is 10.0. The van der Waals surface area contributed by atoms with Crippen molar-refractivity contribution in [3.05, 3.63) is 35.9 Å². The fourth-order valence-electron chi connectivity index (χ4n) is 3.66. The SMILES string of the molecule is COc1ccc([C@@]23C=C[C@@H](O)C[C@@H]2N(C)CC3)cc1O.[Cd]. The number of aliphatic hydroxyl groups is 1. The smallest absolute Gasteiger partial charge is 0.160 e. The van der Waals surface area contributed by atoms with E-state index in [2.05, 4.69) is 18.0 Å². The van der Waals surface area contributed by atoms with Gasteiger partial charge in [-0.05, 0) is 44.1 Å². The van der Waals surface area contributed by atoms with E-state index in [0.29, 0.717) is 5.75 Å². The van der Waals surface area contributed by atoms with Crippen LogP contribution in [0.2, 0.25) is 0 Å².